The fourth-order valence-electron chi connectivity index (χ4n) is 2.07. The molecule has 0 saturated carbocycles. The molecule has 0 unspecified atom stereocenters. The van der Waals surface area contributed by atoms with Crippen LogP contribution in [0.2, 0.25) is 0 Å². The second-order valence-electron chi connectivity index (χ2n) is 5.97. The van der Waals surface area contributed by atoms with Crippen LogP contribution < -0.4 is 5.56 Å². The van der Waals surface area contributed by atoms with Crippen molar-refractivity contribution in [2.24, 2.45) is 7.05 Å². The summed E-state index contributed by atoms with van der Waals surface area (Å²) in [7, 11) is 1.68. The predicted molar refractivity (Wildman–Crippen MR) is 77.4 cm³/mol. The van der Waals surface area contributed by atoms with Gasteiger partial charge in [-0.3, -0.25) is 9.36 Å². The minimum atomic E-state index is -0.276. The molecule has 0 aliphatic heterocycles. The Labute approximate surface area is 118 Å². The molecule has 0 aliphatic carbocycles. The first kappa shape index (κ1) is 14.4. The van der Waals surface area contributed by atoms with Crippen molar-refractivity contribution in [3.05, 3.63) is 63.6 Å². The van der Waals surface area contributed by atoms with Gasteiger partial charge in [-0.1, -0.05) is 39.0 Å². The SMILES string of the molecule is Cn1c(Cc2ccccc2F)ncc(C(C)(C)C)c1=O. The lowest BCUT2D eigenvalue weighted by atomic mass is 9.89. The largest absolute Gasteiger partial charge is 0.299 e. The maximum absolute atomic E-state index is 13.7. The van der Waals surface area contributed by atoms with Crippen molar-refractivity contribution >= 4 is 0 Å². The Hall–Kier alpha value is -1.97. The van der Waals surface area contributed by atoms with Crippen molar-refractivity contribution in [1.29, 1.82) is 0 Å². The average molecular weight is 274 g/mol. The van der Waals surface area contributed by atoms with E-state index in [-0.39, 0.29) is 16.8 Å². The normalized spacial score (nSPS) is 11.7. The fourth-order valence-corrected chi connectivity index (χ4v) is 2.07. The molecule has 2 rings (SSSR count). The van der Waals surface area contributed by atoms with Gasteiger partial charge in [-0.25, -0.2) is 9.37 Å². The third-order valence-electron chi connectivity index (χ3n) is 3.38. The smallest absolute Gasteiger partial charge is 0.256 e. The summed E-state index contributed by atoms with van der Waals surface area (Å²) in [5.41, 5.74) is 0.882. The van der Waals surface area contributed by atoms with Gasteiger partial charge in [0, 0.05) is 25.2 Å². The summed E-state index contributed by atoms with van der Waals surface area (Å²) in [6, 6.07) is 6.55. The molecule has 106 valence electrons. The monoisotopic (exact) mass is 274 g/mol. The summed E-state index contributed by atoms with van der Waals surface area (Å²) < 4.78 is 15.2. The molecule has 0 amide bonds. The number of halogens is 1. The van der Waals surface area contributed by atoms with Crippen LogP contribution in [0.25, 0.3) is 0 Å². The molecule has 1 aromatic carbocycles. The number of benzene rings is 1. The minimum absolute atomic E-state index is 0.0705. The van der Waals surface area contributed by atoms with Gasteiger partial charge in [0.05, 0.1) is 0 Å². The molecule has 0 N–H and O–H groups in total. The van der Waals surface area contributed by atoms with Crippen LogP contribution in [0.1, 0.15) is 37.7 Å². The highest BCUT2D eigenvalue weighted by Crippen LogP contribution is 2.18. The van der Waals surface area contributed by atoms with Gasteiger partial charge in [0.15, 0.2) is 0 Å². The Balaban J connectivity index is 2.44. The zero-order valence-electron chi connectivity index (χ0n) is 12.3. The topological polar surface area (TPSA) is 34.9 Å². The Kier molecular flexibility index (Phi) is 3.75. The summed E-state index contributed by atoms with van der Waals surface area (Å²) >= 11 is 0. The Bertz CT molecular complexity index is 684. The highest BCUT2D eigenvalue weighted by Gasteiger charge is 2.20. The molecule has 0 saturated heterocycles. The van der Waals surface area contributed by atoms with Gasteiger partial charge in [0.2, 0.25) is 0 Å². The molecule has 1 aromatic heterocycles. The third kappa shape index (κ3) is 2.79. The van der Waals surface area contributed by atoms with E-state index in [0.717, 1.165) is 0 Å². The Morgan fingerprint density at radius 1 is 1.25 bits per heavy atom. The second-order valence-corrected chi connectivity index (χ2v) is 5.97. The van der Waals surface area contributed by atoms with Crippen molar-refractivity contribution in [2.75, 3.05) is 0 Å². The molecular formula is C16H19FN2O. The highest BCUT2D eigenvalue weighted by molar-refractivity contribution is 5.23. The average Bonchev–Trinajstić information content (AvgIpc) is 2.36. The zero-order chi connectivity index (χ0) is 14.9. The summed E-state index contributed by atoms with van der Waals surface area (Å²) in [5.74, 6) is 0.287. The van der Waals surface area contributed by atoms with Gasteiger partial charge in [0.25, 0.3) is 5.56 Å². The molecule has 2 aromatic rings. The molecule has 0 bridgehead atoms. The van der Waals surface area contributed by atoms with Crippen molar-refractivity contribution in [1.82, 2.24) is 9.55 Å². The molecule has 3 nitrogen and oxygen atoms in total. The first-order valence-electron chi connectivity index (χ1n) is 6.59. The van der Waals surface area contributed by atoms with Gasteiger partial charge in [-0.05, 0) is 17.0 Å². The van der Waals surface area contributed by atoms with Gasteiger partial charge in [0.1, 0.15) is 11.6 Å². The number of hydrogen-bond acceptors (Lipinski definition) is 2. The van der Waals surface area contributed by atoms with E-state index in [2.05, 4.69) is 4.98 Å². The molecule has 0 radical (unpaired) electrons. The lowest BCUT2D eigenvalue weighted by molar-refractivity contribution is 0.560. The summed E-state index contributed by atoms with van der Waals surface area (Å²) in [6.07, 6.45) is 1.92. The van der Waals surface area contributed by atoms with Crippen LogP contribution in [0, 0.1) is 5.82 Å². The van der Waals surface area contributed by atoms with Gasteiger partial charge in [-0.2, -0.15) is 0 Å². The van der Waals surface area contributed by atoms with Crippen LogP contribution in [0.4, 0.5) is 4.39 Å². The third-order valence-corrected chi connectivity index (χ3v) is 3.38. The van der Waals surface area contributed by atoms with Crippen LogP contribution >= 0.6 is 0 Å². The van der Waals surface area contributed by atoms with E-state index in [1.54, 1.807) is 31.4 Å². The molecule has 0 spiro atoms. The molecule has 1 heterocycles. The molecule has 20 heavy (non-hydrogen) atoms. The van der Waals surface area contributed by atoms with Crippen LogP contribution in [-0.2, 0) is 18.9 Å². The van der Waals surface area contributed by atoms with E-state index < -0.39 is 0 Å². The van der Waals surface area contributed by atoms with Gasteiger partial charge >= 0.3 is 0 Å². The first-order valence-corrected chi connectivity index (χ1v) is 6.59. The van der Waals surface area contributed by atoms with E-state index in [1.165, 1.54) is 10.6 Å². The second kappa shape index (κ2) is 5.19. The maximum atomic E-state index is 13.7. The van der Waals surface area contributed by atoms with Crippen molar-refractivity contribution in [3.63, 3.8) is 0 Å². The van der Waals surface area contributed by atoms with Gasteiger partial charge < -0.3 is 0 Å². The first-order chi connectivity index (χ1) is 9.30. The van der Waals surface area contributed by atoms with Gasteiger partial charge in [-0.15, -0.1) is 0 Å². The van der Waals surface area contributed by atoms with Crippen LogP contribution in [-0.4, -0.2) is 9.55 Å². The van der Waals surface area contributed by atoms with E-state index in [1.807, 2.05) is 20.8 Å². The number of nitrogens with zero attached hydrogens (tertiary/aromatic N) is 2. The number of hydrogen-bond donors (Lipinski definition) is 0. The van der Waals surface area contributed by atoms with Crippen molar-refractivity contribution < 1.29 is 4.39 Å². The van der Waals surface area contributed by atoms with E-state index in [0.29, 0.717) is 23.4 Å². The molecular weight excluding hydrogens is 255 g/mol. The minimum Gasteiger partial charge on any atom is -0.299 e. The van der Waals surface area contributed by atoms with Crippen LogP contribution in [0.5, 0.6) is 0 Å². The summed E-state index contributed by atoms with van der Waals surface area (Å²) in [6.45, 7) is 5.92. The van der Waals surface area contributed by atoms with E-state index >= 15 is 0 Å². The molecule has 0 aliphatic rings. The number of rotatable bonds is 2. The van der Waals surface area contributed by atoms with Crippen molar-refractivity contribution in [3.8, 4) is 0 Å². The standard InChI is InChI=1S/C16H19FN2O/c1-16(2,3)12-10-18-14(19(4)15(12)20)9-11-7-5-6-8-13(11)17/h5-8,10H,9H2,1-4H3. The lowest BCUT2D eigenvalue weighted by Crippen LogP contribution is -2.31. The molecule has 4 heteroatoms. The predicted octanol–water partition coefficient (Wildman–Crippen LogP) is 2.81. The maximum Gasteiger partial charge on any atom is 0.256 e. The van der Waals surface area contributed by atoms with Crippen LogP contribution in [0.3, 0.4) is 0 Å². The number of aromatic nitrogens is 2. The zero-order valence-corrected chi connectivity index (χ0v) is 12.3. The Morgan fingerprint density at radius 3 is 2.50 bits per heavy atom. The quantitative estimate of drug-likeness (QED) is 0.844. The van der Waals surface area contributed by atoms with Crippen LogP contribution in [0.15, 0.2) is 35.3 Å². The van der Waals surface area contributed by atoms with E-state index in [9.17, 15) is 9.18 Å². The highest BCUT2D eigenvalue weighted by atomic mass is 19.1. The summed E-state index contributed by atoms with van der Waals surface area (Å²) in [4.78, 5) is 16.7. The van der Waals surface area contributed by atoms with E-state index in [4.69, 9.17) is 0 Å². The molecule has 0 fully saturated rings. The molecule has 0 atom stereocenters. The van der Waals surface area contributed by atoms with Crippen molar-refractivity contribution in [2.45, 2.75) is 32.6 Å². The fraction of sp³-hybridized carbons (Fsp3) is 0.375. The lowest BCUT2D eigenvalue weighted by Gasteiger charge is -2.19. The Morgan fingerprint density at radius 2 is 1.90 bits per heavy atom. The summed E-state index contributed by atoms with van der Waals surface area (Å²) in [5, 5.41) is 0.